The number of benzene rings is 2. The third kappa shape index (κ3) is 4.62. The zero-order chi connectivity index (χ0) is 20.4. The summed E-state index contributed by atoms with van der Waals surface area (Å²) < 4.78 is 11.1. The molecule has 29 heavy (non-hydrogen) atoms. The molecule has 7 heteroatoms. The predicted octanol–water partition coefficient (Wildman–Crippen LogP) is 4.08. The minimum atomic E-state index is -0.519. The van der Waals surface area contributed by atoms with Crippen molar-refractivity contribution in [2.45, 2.75) is 26.4 Å². The van der Waals surface area contributed by atoms with E-state index in [0.29, 0.717) is 30.4 Å². The van der Waals surface area contributed by atoms with Crippen molar-refractivity contribution in [1.29, 1.82) is 0 Å². The van der Waals surface area contributed by atoms with E-state index < -0.39 is 5.66 Å². The molecule has 0 saturated heterocycles. The number of ether oxygens (including phenoxy) is 2. The van der Waals surface area contributed by atoms with Gasteiger partial charge in [0.2, 0.25) is 5.91 Å². The normalized spacial score (nSPS) is 16.8. The fourth-order valence-electron chi connectivity index (χ4n) is 3.10. The van der Waals surface area contributed by atoms with Crippen LogP contribution in [-0.4, -0.2) is 41.3 Å². The number of nitrogens with one attached hydrogen (secondary N) is 1. The van der Waals surface area contributed by atoms with E-state index in [2.05, 4.69) is 24.4 Å². The molecule has 150 valence electrons. The average molecular weight is 410 g/mol. The Morgan fingerprint density at radius 2 is 1.79 bits per heavy atom. The number of amides is 1. The molecule has 1 amide bonds. The standard InChI is InChI=1S/C22H23N3O3S/c1-14-4-6-15(7-5-14)20-21(25-22(2,3)24-20)29-13-19(26)23-16-8-9-17-18(12-16)28-11-10-27-17/h4-9,12H,10-11,13H2,1-3H3,(H,23,26). The highest BCUT2D eigenvalue weighted by molar-refractivity contribution is 8.16. The van der Waals surface area contributed by atoms with E-state index >= 15 is 0 Å². The molecular formula is C22H23N3O3S. The summed E-state index contributed by atoms with van der Waals surface area (Å²) in [6.45, 7) is 7.03. The topological polar surface area (TPSA) is 72.3 Å². The van der Waals surface area contributed by atoms with Crippen LogP contribution < -0.4 is 14.8 Å². The lowest BCUT2D eigenvalue weighted by Gasteiger charge is -2.19. The third-order valence-electron chi connectivity index (χ3n) is 4.45. The molecule has 0 spiro atoms. The largest absolute Gasteiger partial charge is 0.486 e. The Morgan fingerprint density at radius 3 is 2.55 bits per heavy atom. The van der Waals surface area contributed by atoms with Gasteiger partial charge in [0, 0.05) is 17.3 Å². The van der Waals surface area contributed by atoms with Crippen molar-refractivity contribution in [3.8, 4) is 11.5 Å². The van der Waals surface area contributed by atoms with Crippen LogP contribution in [0.2, 0.25) is 0 Å². The number of hydrogen-bond acceptors (Lipinski definition) is 6. The zero-order valence-electron chi connectivity index (χ0n) is 16.7. The fourth-order valence-corrected chi connectivity index (χ4v) is 4.03. The van der Waals surface area contributed by atoms with E-state index in [-0.39, 0.29) is 11.7 Å². The van der Waals surface area contributed by atoms with Gasteiger partial charge in [-0.15, -0.1) is 0 Å². The Bertz CT molecular complexity index is 997. The Kier molecular flexibility index (Phi) is 5.32. The van der Waals surface area contributed by atoms with E-state index in [1.807, 2.05) is 38.1 Å². The van der Waals surface area contributed by atoms with Gasteiger partial charge < -0.3 is 14.8 Å². The number of thioether (sulfide) groups is 1. The van der Waals surface area contributed by atoms with Crippen molar-refractivity contribution in [1.82, 2.24) is 0 Å². The van der Waals surface area contributed by atoms with E-state index in [4.69, 9.17) is 19.5 Å². The van der Waals surface area contributed by atoms with Crippen LogP contribution in [0.5, 0.6) is 11.5 Å². The van der Waals surface area contributed by atoms with Gasteiger partial charge >= 0.3 is 0 Å². The summed E-state index contributed by atoms with van der Waals surface area (Å²) in [4.78, 5) is 21.9. The average Bonchev–Trinajstić information content (AvgIpc) is 3.01. The van der Waals surface area contributed by atoms with Gasteiger partial charge in [0.15, 0.2) is 11.5 Å². The molecule has 0 atom stereocenters. The lowest BCUT2D eigenvalue weighted by Crippen LogP contribution is -2.19. The van der Waals surface area contributed by atoms with Crippen LogP contribution in [0.25, 0.3) is 0 Å². The van der Waals surface area contributed by atoms with Crippen molar-refractivity contribution >= 4 is 34.1 Å². The monoisotopic (exact) mass is 409 g/mol. The Labute approximate surface area is 174 Å². The minimum absolute atomic E-state index is 0.109. The SMILES string of the molecule is Cc1ccc(C2=NC(C)(C)N=C2SCC(=O)Nc2ccc3c(c2)OCCO3)cc1. The van der Waals surface area contributed by atoms with Crippen molar-refractivity contribution < 1.29 is 14.3 Å². The van der Waals surface area contributed by atoms with Crippen LogP contribution in [0.3, 0.4) is 0 Å². The number of aryl methyl sites for hydroxylation is 1. The van der Waals surface area contributed by atoms with Gasteiger partial charge in [-0.1, -0.05) is 41.6 Å². The van der Waals surface area contributed by atoms with Gasteiger partial charge in [-0.05, 0) is 32.9 Å². The number of fused-ring (bicyclic) bond motifs is 1. The fraction of sp³-hybridized carbons (Fsp3) is 0.318. The molecule has 0 fully saturated rings. The summed E-state index contributed by atoms with van der Waals surface area (Å²) in [5.74, 6) is 1.48. The first-order valence-electron chi connectivity index (χ1n) is 9.49. The van der Waals surface area contributed by atoms with E-state index in [1.165, 1.54) is 17.3 Å². The van der Waals surface area contributed by atoms with Gasteiger partial charge in [-0.2, -0.15) is 0 Å². The summed E-state index contributed by atoms with van der Waals surface area (Å²) in [5, 5.41) is 3.70. The van der Waals surface area contributed by atoms with E-state index in [0.717, 1.165) is 16.3 Å². The second-order valence-electron chi connectivity index (χ2n) is 7.43. The molecule has 2 heterocycles. The Morgan fingerprint density at radius 1 is 1.07 bits per heavy atom. The first-order chi connectivity index (χ1) is 13.9. The van der Waals surface area contributed by atoms with Crippen molar-refractivity contribution in [3.05, 3.63) is 53.6 Å². The predicted molar refractivity (Wildman–Crippen MR) is 118 cm³/mol. The molecule has 6 nitrogen and oxygen atoms in total. The van der Waals surface area contributed by atoms with Crippen LogP contribution in [-0.2, 0) is 4.79 Å². The summed E-state index contributed by atoms with van der Waals surface area (Å²) in [6.07, 6.45) is 0. The molecule has 0 bridgehead atoms. The summed E-state index contributed by atoms with van der Waals surface area (Å²) >= 11 is 1.40. The number of aliphatic imine (C=N–C) groups is 2. The molecule has 0 radical (unpaired) electrons. The molecular weight excluding hydrogens is 386 g/mol. The van der Waals surface area contributed by atoms with Crippen LogP contribution in [0, 0.1) is 6.92 Å². The molecule has 2 aliphatic rings. The molecule has 2 aliphatic heterocycles. The van der Waals surface area contributed by atoms with Gasteiger partial charge in [0.1, 0.15) is 23.9 Å². The zero-order valence-corrected chi connectivity index (χ0v) is 17.5. The molecule has 0 aliphatic carbocycles. The first kappa shape index (κ1) is 19.5. The lowest BCUT2D eigenvalue weighted by atomic mass is 10.1. The smallest absolute Gasteiger partial charge is 0.234 e. The Balaban J connectivity index is 1.41. The minimum Gasteiger partial charge on any atom is -0.486 e. The number of nitrogens with zero attached hydrogens (tertiary/aromatic N) is 2. The van der Waals surface area contributed by atoms with Gasteiger partial charge in [-0.25, -0.2) is 4.99 Å². The van der Waals surface area contributed by atoms with Gasteiger partial charge in [0.05, 0.1) is 11.5 Å². The molecule has 2 aromatic carbocycles. The molecule has 2 aromatic rings. The maximum atomic E-state index is 12.5. The number of hydrogen-bond donors (Lipinski definition) is 1. The third-order valence-corrected chi connectivity index (χ3v) is 5.42. The number of carbonyl (C=O) groups is 1. The van der Waals surface area contributed by atoms with Crippen LogP contribution in [0.15, 0.2) is 52.4 Å². The van der Waals surface area contributed by atoms with E-state index in [9.17, 15) is 4.79 Å². The van der Waals surface area contributed by atoms with Crippen LogP contribution in [0.1, 0.15) is 25.0 Å². The molecule has 1 N–H and O–H groups in total. The molecule has 0 unspecified atom stereocenters. The summed E-state index contributed by atoms with van der Waals surface area (Å²) in [6, 6.07) is 13.6. The Hall–Kier alpha value is -2.80. The quantitative estimate of drug-likeness (QED) is 0.826. The second-order valence-corrected chi connectivity index (χ2v) is 8.40. The maximum absolute atomic E-state index is 12.5. The second kappa shape index (κ2) is 7.91. The van der Waals surface area contributed by atoms with Crippen molar-refractivity contribution in [2.24, 2.45) is 9.98 Å². The number of carbonyl (C=O) groups excluding carboxylic acids is 1. The molecule has 0 saturated carbocycles. The lowest BCUT2D eigenvalue weighted by molar-refractivity contribution is -0.113. The summed E-state index contributed by atoms with van der Waals surface area (Å²) in [7, 11) is 0. The van der Waals surface area contributed by atoms with Gasteiger partial charge in [0.25, 0.3) is 0 Å². The van der Waals surface area contributed by atoms with Crippen LogP contribution in [0.4, 0.5) is 5.69 Å². The highest BCUT2D eigenvalue weighted by Gasteiger charge is 2.28. The maximum Gasteiger partial charge on any atom is 0.234 e. The highest BCUT2D eigenvalue weighted by atomic mass is 32.2. The van der Waals surface area contributed by atoms with Crippen molar-refractivity contribution in [3.63, 3.8) is 0 Å². The summed E-state index contributed by atoms with van der Waals surface area (Å²) in [5.41, 5.74) is 3.21. The number of rotatable bonds is 4. The van der Waals surface area contributed by atoms with Gasteiger partial charge in [-0.3, -0.25) is 9.79 Å². The van der Waals surface area contributed by atoms with Crippen molar-refractivity contribution in [2.75, 3.05) is 24.3 Å². The number of anilines is 1. The van der Waals surface area contributed by atoms with E-state index in [1.54, 1.807) is 6.07 Å². The highest BCUT2D eigenvalue weighted by Crippen LogP contribution is 2.33. The molecule has 4 rings (SSSR count). The van der Waals surface area contributed by atoms with Crippen LogP contribution >= 0.6 is 11.8 Å². The first-order valence-corrected chi connectivity index (χ1v) is 10.5. The molecule has 0 aromatic heterocycles.